The van der Waals surface area contributed by atoms with Gasteiger partial charge in [-0.1, -0.05) is 18.2 Å². The molecule has 22 heavy (non-hydrogen) atoms. The standard InChI is InChI=1S/C17H20N2O2S/c20-22(21,17-6-2-1-3-7-17)19-14-4-5-16(19)9-8-15-10-12-18-13-11-15/h1-3,6-7,10-13,16H,4-5,8-9,14H2/t16-/m1/s1. The summed E-state index contributed by atoms with van der Waals surface area (Å²) >= 11 is 0. The van der Waals surface area contributed by atoms with Gasteiger partial charge in [0.05, 0.1) is 4.90 Å². The molecule has 1 saturated heterocycles. The van der Waals surface area contributed by atoms with Crippen LogP contribution in [-0.4, -0.2) is 30.3 Å². The fourth-order valence-electron chi connectivity index (χ4n) is 3.02. The van der Waals surface area contributed by atoms with Crippen LogP contribution in [0.5, 0.6) is 0 Å². The number of hydrogen-bond acceptors (Lipinski definition) is 3. The topological polar surface area (TPSA) is 50.3 Å². The summed E-state index contributed by atoms with van der Waals surface area (Å²) < 4.78 is 27.2. The number of aromatic nitrogens is 1. The van der Waals surface area contributed by atoms with Gasteiger partial charge in [0.25, 0.3) is 0 Å². The van der Waals surface area contributed by atoms with E-state index in [-0.39, 0.29) is 6.04 Å². The molecule has 2 heterocycles. The maximum atomic E-state index is 12.8. The van der Waals surface area contributed by atoms with Crippen LogP contribution in [0, 0.1) is 0 Å². The third kappa shape index (κ3) is 3.20. The molecule has 5 heteroatoms. The molecule has 0 radical (unpaired) electrons. The van der Waals surface area contributed by atoms with Crippen molar-refractivity contribution < 1.29 is 8.42 Å². The van der Waals surface area contributed by atoms with E-state index in [1.54, 1.807) is 41.0 Å². The van der Waals surface area contributed by atoms with Crippen LogP contribution in [0.1, 0.15) is 24.8 Å². The van der Waals surface area contributed by atoms with Crippen molar-refractivity contribution in [3.63, 3.8) is 0 Å². The lowest BCUT2D eigenvalue weighted by molar-refractivity contribution is 0.370. The normalized spacial score (nSPS) is 19.4. The van der Waals surface area contributed by atoms with E-state index in [0.717, 1.165) is 25.7 Å². The van der Waals surface area contributed by atoms with Crippen LogP contribution in [0.4, 0.5) is 0 Å². The molecule has 0 spiro atoms. The number of pyridine rings is 1. The molecule has 0 N–H and O–H groups in total. The molecule has 3 rings (SSSR count). The van der Waals surface area contributed by atoms with Crippen LogP contribution in [0.25, 0.3) is 0 Å². The highest BCUT2D eigenvalue weighted by molar-refractivity contribution is 7.89. The molecular formula is C17H20N2O2S. The Hall–Kier alpha value is -1.72. The Bertz CT molecular complexity index is 702. The van der Waals surface area contributed by atoms with Crippen LogP contribution in [0.3, 0.4) is 0 Å². The summed E-state index contributed by atoms with van der Waals surface area (Å²) in [6.45, 7) is 0.623. The van der Waals surface area contributed by atoms with Crippen LogP contribution in [0.15, 0.2) is 59.8 Å². The number of sulfonamides is 1. The van der Waals surface area contributed by atoms with Crippen molar-refractivity contribution in [1.82, 2.24) is 9.29 Å². The van der Waals surface area contributed by atoms with Crippen LogP contribution in [-0.2, 0) is 16.4 Å². The van der Waals surface area contributed by atoms with E-state index >= 15 is 0 Å². The van der Waals surface area contributed by atoms with Gasteiger partial charge in [0, 0.05) is 25.0 Å². The highest BCUT2D eigenvalue weighted by Gasteiger charge is 2.34. The lowest BCUT2D eigenvalue weighted by Crippen LogP contribution is -2.35. The molecule has 2 aromatic rings. The van der Waals surface area contributed by atoms with E-state index in [9.17, 15) is 8.42 Å². The summed E-state index contributed by atoms with van der Waals surface area (Å²) in [6, 6.07) is 12.8. The largest absolute Gasteiger partial charge is 0.265 e. The van der Waals surface area contributed by atoms with Gasteiger partial charge < -0.3 is 0 Å². The number of nitrogens with zero attached hydrogens (tertiary/aromatic N) is 2. The van der Waals surface area contributed by atoms with Crippen LogP contribution in [0.2, 0.25) is 0 Å². The molecule has 1 aromatic heterocycles. The first-order chi connectivity index (χ1) is 10.7. The molecule has 0 unspecified atom stereocenters. The van der Waals surface area contributed by atoms with Gasteiger partial charge >= 0.3 is 0 Å². The minimum atomic E-state index is -3.37. The van der Waals surface area contributed by atoms with E-state index in [2.05, 4.69) is 4.98 Å². The highest BCUT2D eigenvalue weighted by Crippen LogP contribution is 2.28. The number of benzene rings is 1. The molecular weight excluding hydrogens is 296 g/mol. The van der Waals surface area contributed by atoms with E-state index in [4.69, 9.17) is 0 Å². The van der Waals surface area contributed by atoms with Crippen molar-refractivity contribution in [2.75, 3.05) is 6.54 Å². The molecule has 1 aromatic carbocycles. The van der Waals surface area contributed by atoms with E-state index in [1.165, 1.54) is 5.56 Å². The SMILES string of the molecule is O=S(=O)(c1ccccc1)N1CCC[C@@H]1CCc1ccncc1. The summed E-state index contributed by atoms with van der Waals surface area (Å²) in [4.78, 5) is 4.41. The smallest absolute Gasteiger partial charge is 0.243 e. The Morgan fingerprint density at radius 2 is 1.82 bits per heavy atom. The minimum Gasteiger partial charge on any atom is -0.265 e. The lowest BCUT2D eigenvalue weighted by atomic mass is 10.1. The molecule has 4 nitrogen and oxygen atoms in total. The predicted molar refractivity (Wildman–Crippen MR) is 85.9 cm³/mol. The second kappa shape index (κ2) is 6.58. The van der Waals surface area contributed by atoms with Crippen molar-refractivity contribution in [3.05, 3.63) is 60.4 Å². The van der Waals surface area contributed by atoms with E-state index in [0.29, 0.717) is 11.4 Å². The Morgan fingerprint density at radius 1 is 1.09 bits per heavy atom. The van der Waals surface area contributed by atoms with Gasteiger partial charge in [-0.05, 0) is 55.5 Å². The van der Waals surface area contributed by atoms with E-state index in [1.807, 2.05) is 18.2 Å². The number of aryl methyl sites for hydroxylation is 1. The third-order valence-corrected chi connectivity index (χ3v) is 6.15. The minimum absolute atomic E-state index is 0.0957. The summed E-state index contributed by atoms with van der Waals surface area (Å²) in [5, 5.41) is 0. The Labute approximate surface area is 131 Å². The molecule has 1 aliphatic heterocycles. The highest BCUT2D eigenvalue weighted by atomic mass is 32.2. The molecule has 1 atom stereocenters. The van der Waals surface area contributed by atoms with Gasteiger partial charge in [-0.25, -0.2) is 8.42 Å². The summed E-state index contributed by atoms with van der Waals surface area (Å²) in [5.74, 6) is 0. The molecule has 1 aliphatic rings. The molecule has 116 valence electrons. The first-order valence-electron chi connectivity index (χ1n) is 7.64. The monoisotopic (exact) mass is 316 g/mol. The summed E-state index contributed by atoms with van der Waals surface area (Å²) in [6.07, 6.45) is 7.18. The zero-order valence-electron chi connectivity index (χ0n) is 12.4. The van der Waals surface area contributed by atoms with Gasteiger partial charge in [-0.3, -0.25) is 4.98 Å². The Kier molecular flexibility index (Phi) is 4.55. The van der Waals surface area contributed by atoms with Crippen molar-refractivity contribution >= 4 is 10.0 Å². The van der Waals surface area contributed by atoms with Gasteiger partial charge in [0.1, 0.15) is 0 Å². The van der Waals surface area contributed by atoms with E-state index < -0.39 is 10.0 Å². The third-order valence-electron chi connectivity index (χ3n) is 4.19. The molecule has 0 amide bonds. The molecule has 0 bridgehead atoms. The number of rotatable bonds is 5. The zero-order valence-corrected chi connectivity index (χ0v) is 13.2. The van der Waals surface area contributed by atoms with Crippen molar-refractivity contribution in [2.24, 2.45) is 0 Å². The van der Waals surface area contributed by atoms with Gasteiger partial charge in [-0.15, -0.1) is 0 Å². The zero-order chi connectivity index (χ0) is 15.4. The van der Waals surface area contributed by atoms with Crippen molar-refractivity contribution in [2.45, 2.75) is 36.6 Å². The van der Waals surface area contributed by atoms with Gasteiger partial charge in [0.15, 0.2) is 0 Å². The maximum Gasteiger partial charge on any atom is 0.243 e. The average molecular weight is 316 g/mol. The van der Waals surface area contributed by atoms with Gasteiger partial charge in [-0.2, -0.15) is 4.31 Å². The maximum absolute atomic E-state index is 12.8. The fourth-order valence-corrected chi connectivity index (χ4v) is 4.77. The molecule has 0 aliphatic carbocycles. The lowest BCUT2D eigenvalue weighted by Gasteiger charge is -2.24. The summed E-state index contributed by atoms with van der Waals surface area (Å²) in [7, 11) is -3.37. The Morgan fingerprint density at radius 3 is 2.55 bits per heavy atom. The Balaban J connectivity index is 1.73. The van der Waals surface area contributed by atoms with Crippen LogP contribution >= 0.6 is 0 Å². The number of hydrogen-bond donors (Lipinski definition) is 0. The quantitative estimate of drug-likeness (QED) is 0.852. The second-order valence-electron chi connectivity index (χ2n) is 5.62. The first-order valence-corrected chi connectivity index (χ1v) is 9.08. The molecule has 1 fully saturated rings. The summed E-state index contributed by atoms with van der Waals surface area (Å²) in [5.41, 5.74) is 1.21. The fraction of sp³-hybridized carbons (Fsp3) is 0.353. The predicted octanol–water partition coefficient (Wildman–Crippen LogP) is 2.87. The van der Waals surface area contributed by atoms with Crippen molar-refractivity contribution in [1.29, 1.82) is 0 Å². The van der Waals surface area contributed by atoms with Crippen molar-refractivity contribution in [3.8, 4) is 0 Å². The second-order valence-corrected chi connectivity index (χ2v) is 7.51. The van der Waals surface area contributed by atoms with Gasteiger partial charge in [0.2, 0.25) is 10.0 Å². The first kappa shape index (κ1) is 15.2. The molecule has 0 saturated carbocycles. The van der Waals surface area contributed by atoms with Crippen LogP contribution < -0.4 is 0 Å². The average Bonchev–Trinajstić information content (AvgIpc) is 3.04.